The van der Waals surface area contributed by atoms with Crippen molar-refractivity contribution in [2.45, 2.75) is 26.2 Å². The van der Waals surface area contributed by atoms with Gasteiger partial charge in [-0.15, -0.1) is 0 Å². The van der Waals surface area contributed by atoms with E-state index >= 15 is 0 Å². The average Bonchev–Trinajstić information content (AvgIpc) is 2.74. The number of aryl methyl sites for hydroxylation is 3. The van der Waals surface area contributed by atoms with Gasteiger partial charge in [0.2, 0.25) is 5.95 Å². The summed E-state index contributed by atoms with van der Waals surface area (Å²) in [4.78, 5) is 11.5. The summed E-state index contributed by atoms with van der Waals surface area (Å²) in [5.74, 6) is 1.49. The number of anilines is 2. The number of hydrogen-bond donors (Lipinski definition) is 1. The average molecular weight is 389 g/mol. The first-order valence-corrected chi connectivity index (χ1v) is 10.2. The molecule has 0 bridgehead atoms. The maximum atomic E-state index is 5.76. The number of benzene rings is 2. The lowest BCUT2D eigenvalue weighted by atomic mass is 9.88. The highest BCUT2D eigenvalue weighted by atomic mass is 16.5. The van der Waals surface area contributed by atoms with E-state index in [0.717, 1.165) is 42.9 Å². The molecule has 0 saturated carbocycles. The number of aromatic nitrogens is 2. The third-order valence-electron chi connectivity index (χ3n) is 5.28. The van der Waals surface area contributed by atoms with Gasteiger partial charge < -0.3 is 15.0 Å². The highest BCUT2D eigenvalue weighted by Gasteiger charge is 2.19. The zero-order valence-electron chi connectivity index (χ0n) is 17.4. The standard InChI is InChI=1S/C24H28N4O/c1-4-17-5-6-18-7-8-19-16-25-24(27-23(19)22(18)15-17)26-20-9-11-21(12-10-20)29-14-13-28(2)3/h5-6,9-12,15-16H,4,7-8,13-14H2,1-3H3,(H,25,26,27). The molecule has 150 valence electrons. The van der Waals surface area contributed by atoms with Crippen LogP contribution in [0.2, 0.25) is 0 Å². The third kappa shape index (κ3) is 4.57. The Hall–Kier alpha value is -2.92. The van der Waals surface area contributed by atoms with Crippen LogP contribution in [0.1, 0.15) is 23.6 Å². The van der Waals surface area contributed by atoms with Crippen molar-refractivity contribution in [1.82, 2.24) is 14.9 Å². The largest absolute Gasteiger partial charge is 0.492 e. The van der Waals surface area contributed by atoms with Crippen molar-refractivity contribution in [2.24, 2.45) is 0 Å². The molecule has 0 radical (unpaired) electrons. The van der Waals surface area contributed by atoms with Crippen molar-refractivity contribution in [3.05, 3.63) is 65.4 Å². The van der Waals surface area contributed by atoms with Crippen molar-refractivity contribution >= 4 is 11.6 Å². The van der Waals surface area contributed by atoms with E-state index in [4.69, 9.17) is 9.72 Å². The summed E-state index contributed by atoms with van der Waals surface area (Å²) in [7, 11) is 4.08. The van der Waals surface area contributed by atoms with Gasteiger partial charge in [-0.2, -0.15) is 0 Å². The number of nitrogens with zero attached hydrogens (tertiary/aromatic N) is 3. The topological polar surface area (TPSA) is 50.3 Å². The summed E-state index contributed by atoms with van der Waals surface area (Å²) in [6.07, 6.45) is 5.04. The van der Waals surface area contributed by atoms with Gasteiger partial charge in [0.15, 0.2) is 0 Å². The minimum atomic E-state index is 0.625. The van der Waals surface area contributed by atoms with E-state index in [1.54, 1.807) is 0 Å². The monoisotopic (exact) mass is 388 g/mol. The summed E-state index contributed by atoms with van der Waals surface area (Å²) in [6.45, 7) is 3.75. The van der Waals surface area contributed by atoms with Crippen LogP contribution in [0.4, 0.5) is 11.6 Å². The minimum Gasteiger partial charge on any atom is -0.492 e. The van der Waals surface area contributed by atoms with E-state index in [2.05, 4.69) is 40.3 Å². The molecule has 0 amide bonds. The first-order valence-electron chi connectivity index (χ1n) is 10.2. The van der Waals surface area contributed by atoms with Crippen molar-refractivity contribution in [3.63, 3.8) is 0 Å². The molecule has 1 N–H and O–H groups in total. The van der Waals surface area contributed by atoms with Gasteiger partial charge in [-0.1, -0.05) is 19.1 Å². The van der Waals surface area contributed by atoms with Gasteiger partial charge in [0.1, 0.15) is 12.4 Å². The second-order valence-corrected chi connectivity index (χ2v) is 7.71. The molecule has 1 aliphatic carbocycles. The lowest BCUT2D eigenvalue weighted by molar-refractivity contribution is 0.261. The molecule has 29 heavy (non-hydrogen) atoms. The number of rotatable bonds is 7. The Bertz CT molecular complexity index is 983. The molecule has 1 aliphatic rings. The molecule has 1 heterocycles. The Morgan fingerprint density at radius 3 is 2.59 bits per heavy atom. The molecule has 0 aliphatic heterocycles. The molecule has 1 aromatic heterocycles. The maximum Gasteiger partial charge on any atom is 0.227 e. The van der Waals surface area contributed by atoms with E-state index in [0.29, 0.717) is 12.6 Å². The molecular formula is C24H28N4O. The van der Waals surface area contributed by atoms with Gasteiger partial charge in [-0.25, -0.2) is 9.97 Å². The van der Waals surface area contributed by atoms with Gasteiger partial charge >= 0.3 is 0 Å². The van der Waals surface area contributed by atoms with Gasteiger partial charge in [-0.3, -0.25) is 0 Å². The molecule has 5 heteroatoms. The number of nitrogens with one attached hydrogen (secondary N) is 1. The fourth-order valence-electron chi connectivity index (χ4n) is 3.54. The number of ether oxygens (including phenoxy) is 1. The number of likely N-dealkylation sites (N-methyl/N-ethyl adjacent to an activating group) is 1. The van der Waals surface area contributed by atoms with Gasteiger partial charge in [0, 0.05) is 24.0 Å². The normalized spacial score (nSPS) is 12.4. The van der Waals surface area contributed by atoms with Crippen LogP contribution in [0.25, 0.3) is 11.3 Å². The van der Waals surface area contributed by atoms with Crippen LogP contribution in [0, 0.1) is 0 Å². The zero-order chi connectivity index (χ0) is 20.2. The lowest BCUT2D eigenvalue weighted by Crippen LogP contribution is -2.19. The highest BCUT2D eigenvalue weighted by molar-refractivity contribution is 5.71. The number of fused-ring (bicyclic) bond motifs is 3. The highest BCUT2D eigenvalue weighted by Crippen LogP contribution is 2.33. The Kier molecular flexibility index (Phi) is 5.76. The molecular weight excluding hydrogens is 360 g/mol. The van der Waals surface area contributed by atoms with Gasteiger partial charge in [0.25, 0.3) is 0 Å². The SMILES string of the molecule is CCc1ccc2c(c1)-c1nc(Nc3ccc(OCCN(C)C)cc3)ncc1CC2. The molecule has 5 nitrogen and oxygen atoms in total. The van der Waals surface area contributed by atoms with Gasteiger partial charge in [0.05, 0.1) is 5.69 Å². The summed E-state index contributed by atoms with van der Waals surface area (Å²) in [5, 5.41) is 3.33. The van der Waals surface area contributed by atoms with E-state index in [9.17, 15) is 0 Å². The van der Waals surface area contributed by atoms with Crippen LogP contribution < -0.4 is 10.1 Å². The molecule has 3 aromatic rings. The Morgan fingerprint density at radius 1 is 1.03 bits per heavy atom. The Labute approximate surface area is 172 Å². The van der Waals surface area contributed by atoms with Crippen LogP contribution in [0.15, 0.2) is 48.7 Å². The fraction of sp³-hybridized carbons (Fsp3) is 0.333. The second kappa shape index (κ2) is 8.62. The summed E-state index contributed by atoms with van der Waals surface area (Å²) < 4.78 is 5.76. The first-order chi connectivity index (χ1) is 14.1. The van der Waals surface area contributed by atoms with E-state index in [-0.39, 0.29) is 0 Å². The van der Waals surface area contributed by atoms with E-state index in [1.807, 2.05) is 44.6 Å². The second-order valence-electron chi connectivity index (χ2n) is 7.71. The maximum absolute atomic E-state index is 5.76. The molecule has 2 aromatic carbocycles. The van der Waals surface area contributed by atoms with E-state index < -0.39 is 0 Å². The summed E-state index contributed by atoms with van der Waals surface area (Å²) in [5.41, 5.74) is 7.20. The zero-order valence-corrected chi connectivity index (χ0v) is 17.4. The Morgan fingerprint density at radius 2 is 1.83 bits per heavy atom. The minimum absolute atomic E-state index is 0.625. The predicted molar refractivity (Wildman–Crippen MR) is 118 cm³/mol. The predicted octanol–water partition coefficient (Wildman–Crippen LogP) is 4.49. The Balaban J connectivity index is 1.51. The quantitative estimate of drug-likeness (QED) is 0.646. The van der Waals surface area contributed by atoms with Crippen molar-refractivity contribution in [3.8, 4) is 17.0 Å². The van der Waals surface area contributed by atoms with Crippen LogP contribution in [-0.4, -0.2) is 42.1 Å². The van der Waals surface area contributed by atoms with Crippen LogP contribution in [-0.2, 0) is 19.3 Å². The molecule has 0 saturated heterocycles. The molecule has 0 fully saturated rings. The van der Waals surface area contributed by atoms with Crippen LogP contribution in [0.3, 0.4) is 0 Å². The van der Waals surface area contributed by atoms with Crippen LogP contribution in [0.5, 0.6) is 5.75 Å². The van der Waals surface area contributed by atoms with Gasteiger partial charge in [-0.05, 0) is 80.4 Å². The summed E-state index contributed by atoms with van der Waals surface area (Å²) in [6, 6.07) is 14.7. The third-order valence-corrected chi connectivity index (χ3v) is 5.28. The van der Waals surface area contributed by atoms with E-state index in [1.165, 1.54) is 22.3 Å². The molecule has 4 rings (SSSR count). The number of hydrogen-bond acceptors (Lipinski definition) is 5. The molecule has 0 atom stereocenters. The first kappa shape index (κ1) is 19.4. The fourth-order valence-corrected chi connectivity index (χ4v) is 3.54. The smallest absolute Gasteiger partial charge is 0.227 e. The van der Waals surface area contributed by atoms with Crippen molar-refractivity contribution in [2.75, 3.05) is 32.6 Å². The van der Waals surface area contributed by atoms with Crippen LogP contribution >= 0.6 is 0 Å². The molecule has 0 spiro atoms. The lowest BCUT2D eigenvalue weighted by Gasteiger charge is -2.20. The molecule has 0 unspecified atom stereocenters. The van der Waals surface area contributed by atoms with Crippen molar-refractivity contribution in [1.29, 1.82) is 0 Å². The van der Waals surface area contributed by atoms with Crippen molar-refractivity contribution < 1.29 is 4.74 Å². The summed E-state index contributed by atoms with van der Waals surface area (Å²) >= 11 is 0.